The molecule has 2 N–H and O–H groups in total. The van der Waals surface area contributed by atoms with Crippen LogP contribution in [0.1, 0.15) is 62.4 Å². The number of aromatic nitrogens is 2. The van der Waals surface area contributed by atoms with Gasteiger partial charge in [-0.2, -0.15) is 0 Å². The number of esters is 1. The summed E-state index contributed by atoms with van der Waals surface area (Å²) < 4.78 is 5.21. The predicted molar refractivity (Wildman–Crippen MR) is 161 cm³/mol. The summed E-state index contributed by atoms with van der Waals surface area (Å²) in [4.78, 5) is 52.1. The van der Waals surface area contributed by atoms with Gasteiger partial charge >= 0.3 is 5.97 Å². The number of piperazine rings is 1. The van der Waals surface area contributed by atoms with Crippen LogP contribution in [0.3, 0.4) is 0 Å². The standard InChI is InChI=1S/C31H41N5O4S/c1-7-40-31(39)23-12-10-14-32-29(23)41-27-22-11-8-9-13-24(22)34-25(27)28(37)33-21(6)30(38)36-17-15-35(16-18-36)26(19(2)3)20(4)5/h8-14,19-21,26,34H,7,15-18H2,1-6H3,(H,33,37)/t21-/m1/s1. The highest BCUT2D eigenvalue weighted by Crippen LogP contribution is 2.37. The zero-order valence-corrected chi connectivity index (χ0v) is 25.6. The molecule has 1 saturated heterocycles. The first-order chi connectivity index (χ1) is 19.6. The molecule has 4 rings (SSSR count). The number of rotatable bonds is 10. The van der Waals surface area contributed by atoms with Crippen molar-refractivity contribution in [3.05, 3.63) is 53.9 Å². The Morgan fingerprint density at radius 2 is 1.68 bits per heavy atom. The first kappa shape index (κ1) is 30.6. The molecule has 0 bridgehead atoms. The van der Waals surface area contributed by atoms with Gasteiger partial charge in [0.1, 0.15) is 16.8 Å². The lowest BCUT2D eigenvalue weighted by Gasteiger charge is -2.43. The van der Waals surface area contributed by atoms with Crippen molar-refractivity contribution in [1.82, 2.24) is 25.1 Å². The highest BCUT2D eigenvalue weighted by atomic mass is 32.2. The van der Waals surface area contributed by atoms with E-state index < -0.39 is 17.9 Å². The van der Waals surface area contributed by atoms with Crippen LogP contribution < -0.4 is 5.32 Å². The zero-order chi connectivity index (χ0) is 29.7. The second-order valence-corrected chi connectivity index (χ2v) is 12.1. The summed E-state index contributed by atoms with van der Waals surface area (Å²) in [5, 5.41) is 4.17. The first-order valence-corrected chi connectivity index (χ1v) is 15.2. The Kier molecular flexibility index (Phi) is 10.1. The van der Waals surface area contributed by atoms with Crippen LogP contribution in [0.15, 0.2) is 52.5 Å². The molecule has 1 aliphatic rings. The van der Waals surface area contributed by atoms with Crippen LogP contribution in [-0.2, 0) is 9.53 Å². The van der Waals surface area contributed by atoms with Crippen LogP contribution in [0.5, 0.6) is 0 Å². The fraction of sp³-hybridized carbons (Fsp3) is 0.484. The molecule has 220 valence electrons. The van der Waals surface area contributed by atoms with Crippen LogP contribution in [0.2, 0.25) is 0 Å². The third-order valence-electron chi connectivity index (χ3n) is 7.48. The fourth-order valence-electron chi connectivity index (χ4n) is 5.77. The van der Waals surface area contributed by atoms with E-state index in [4.69, 9.17) is 4.74 Å². The van der Waals surface area contributed by atoms with Crippen molar-refractivity contribution in [2.24, 2.45) is 11.8 Å². The molecule has 3 heterocycles. The molecule has 0 aliphatic carbocycles. The molecule has 0 radical (unpaired) electrons. The number of aromatic amines is 1. The third kappa shape index (κ3) is 6.93. The van der Waals surface area contributed by atoms with Gasteiger partial charge in [-0.3, -0.25) is 14.5 Å². The number of ether oxygens (including phenoxy) is 1. The summed E-state index contributed by atoms with van der Waals surface area (Å²) in [7, 11) is 0. The number of H-pyrrole nitrogens is 1. The van der Waals surface area contributed by atoms with Crippen molar-refractivity contribution in [3.8, 4) is 0 Å². The minimum atomic E-state index is -0.700. The molecule has 0 unspecified atom stereocenters. The maximum absolute atomic E-state index is 13.6. The predicted octanol–water partition coefficient (Wildman–Crippen LogP) is 4.83. The normalized spacial score (nSPS) is 15.1. The number of fused-ring (bicyclic) bond motifs is 1. The Morgan fingerprint density at radius 1 is 1.00 bits per heavy atom. The van der Waals surface area contributed by atoms with E-state index in [0.717, 1.165) is 24.0 Å². The first-order valence-electron chi connectivity index (χ1n) is 14.4. The van der Waals surface area contributed by atoms with Gasteiger partial charge in [0, 0.05) is 49.3 Å². The molecule has 41 heavy (non-hydrogen) atoms. The van der Waals surface area contributed by atoms with E-state index in [1.165, 1.54) is 11.8 Å². The topological polar surface area (TPSA) is 108 Å². The van der Waals surface area contributed by atoms with Crippen molar-refractivity contribution >= 4 is 40.4 Å². The van der Waals surface area contributed by atoms with E-state index in [1.54, 1.807) is 32.2 Å². The largest absolute Gasteiger partial charge is 0.462 e. The molecular weight excluding hydrogens is 538 g/mol. The summed E-state index contributed by atoms with van der Waals surface area (Å²) >= 11 is 1.23. The lowest BCUT2D eigenvalue weighted by atomic mass is 9.91. The zero-order valence-electron chi connectivity index (χ0n) is 24.8. The fourth-order valence-corrected chi connectivity index (χ4v) is 6.88. The molecule has 0 spiro atoms. The molecule has 3 aromatic rings. The monoisotopic (exact) mass is 579 g/mol. The molecule has 1 aromatic carbocycles. The van der Waals surface area contributed by atoms with E-state index in [9.17, 15) is 14.4 Å². The SMILES string of the molecule is CCOC(=O)c1cccnc1Sc1c(C(=O)N[C@H](C)C(=O)N2CCN(C(C(C)C)C(C)C)CC2)[nH]c2ccccc12. The maximum atomic E-state index is 13.6. The van der Waals surface area contributed by atoms with E-state index in [1.807, 2.05) is 29.2 Å². The smallest absolute Gasteiger partial charge is 0.340 e. The van der Waals surface area contributed by atoms with Crippen molar-refractivity contribution in [2.75, 3.05) is 32.8 Å². The number of nitrogens with one attached hydrogen (secondary N) is 2. The summed E-state index contributed by atoms with van der Waals surface area (Å²) in [6.45, 7) is 15.7. The Morgan fingerprint density at radius 3 is 2.34 bits per heavy atom. The van der Waals surface area contributed by atoms with Crippen LogP contribution in [0.25, 0.3) is 10.9 Å². The average Bonchev–Trinajstić information content (AvgIpc) is 3.31. The molecular formula is C31H41N5O4S. The van der Waals surface area contributed by atoms with Crippen molar-refractivity contribution in [2.45, 2.75) is 63.5 Å². The molecule has 2 aromatic heterocycles. The van der Waals surface area contributed by atoms with E-state index in [0.29, 0.717) is 52.1 Å². The van der Waals surface area contributed by atoms with Gasteiger partial charge in [0.2, 0.25) is 5.91 Å². The van der Waals surface area contributed by atoms with Gasteiger partial charge in [-0.05, 0) is 43.9 Å². The number of hydrogen-bond donors (Lipinski definition) is 2. The van der Waals surface area contributed by atoms with Gasteiger partial charge in [0.25, 0.3) is 5.91 Å². The third-order valence-corrected chi connectivity index (χ3v) is 8.63. The Hall–Kier alpha value is -3.37. The summed E-state index contributed by atoms with van der Waals surface area (Å²) in [5.41, 5.74) is 1.42. The molecule has 1 fully saturated rings. The van der Waals surface area contributed by atoms with Gasteiger partial charge in [-0.1, -0.05) is 57.7 Å². The van der Waals surface area contributed by atoms with Gasteiger partial charge in [-0.25, -0.2) is 9.78 Å². The number of para-hydroxylation sites is 1. The quantitative estimate of drug-likeness (QED) is 0.331. The highest BCUT2D eigenvalue weighted by molar-refractivity contribution is 7.99. The highest BCUT2D eigenvalue weighted by Gasteiger charge is 2.32. The number of benzene rings is 1. The molecule has 1 atom stereocenters. The molecule has 2 amide bonds. The second kappa shape index (κ2) is 13.5. The molecule has 1 aliphatic heterocycles. The molecule has 0 saturated carbocycles. The van der Waals surface area contributed by atoms with Crippen molar-refractivity contribution < 1.29 is 19.1 Å². The number of carbonyl (C=O) groups excluding carboxylic acids is 3. The maximum Gasteiger partial charge on any atom is 0.340 e. The van der Waals surface area contributed by atoms with E-state index >= 15 is 0 Å². The van der Waals surface area contributed by atoms with Crippen molar-refractivity contribution in [1.29, 1.82) is 0 Å². The lowest BCUT2D eigenvalue weighted by Crippen LogP contribution is -2.57. The average molecular weight is 580 g/mol. The lowest BCUT2D eigenvalue weighted by molar-refractivity contribution is -0.135. The Bertz CT molecular complexity index is 1370. The minimum Gasteiger partial charge on any atom is -0.462 e. The van der Waals surface area contributed by atoms with Crippen LogP contribution >= 0.6 is 11.8 Å². The summed E-state index contributed by atoms with van der Waals surface area (Å²) in [6, 6.07) is 10.7. The number of pyridine rings is 1. The Labute approximate surface area is 246 Å². The van der Waals surface area contributed by atoms with Gasteiger partial charge in [-0.15, -0.1) is 0 Å². The number of carbonyl (C=O) groups is 3. The number of amides is 2. The second-order valence-electron chi connectivity index (χ2n) is 11.1. The van der Waals surface area contributed by atoms with Gasteiger partial charge in [0.15, 0.2) is 0 Å². The summed E-state index contributed by atoms with van der Waals surface area (Å²) in [6.07, 6.45) is 1.60. The number of hydrogen-bond acceptors (Lipinski definition) is 7. The van der Waals surface area contributed by atoms with Crippen LogP contribution in [0.4, 0.5) is 0 Å². The number of nitrogens with zero attached hydrogens (tertiary/aromatic N) is 3. The van der Waals surface area contributed by atoms with Crippen molar-refractivity contribution in [3.63, 3.8) is 0 Å². The van der Waals surface area contributed by atoms with Crippen LogP contribution in [0, 0.1) is 11.8 Å². The Balaban J connectivity index is 1.50. The minimum absolute atomic E-state index is 0.0942. The van der Waals surface area contributed by atoms with Gasteiger partial charge < -0.3 is 19.9 Å². The molecule has 10 heteroatoms. The van der Waals surface area contributed by atoms with E-state index in [-0.39, 0.29) is 12.5 Å². The van der Waals surface area contributed by atoms with Gasteiger partial charge in [0.05, 0.1) is 17.1 Å². The van der Waals surface area contributed by atoms with E-state index in [2.05, 4.69) is 47.9 Å². The summed E-state index contributed by atoms with van der Waals surface area (Å²) in [5.74, 6) is 0.123. The van der Waals surface area contributed by atoms with Crippen LogP contribution in [-0.4, -0.2) is 82.4 Å². The molecule has 9 nitrogen and oxygen atoms in total.